The SMILES string of the molecule is [BH2][Nb].[Co].[Fe].[Ni].[Zr]. The van der Waals surface area contributed by atoms with Gasteiger partial charge in [-0.1, -0.05) is 0 Å². The van der Waals surface area contributed by atoms with Crippen molar-refractivity contribution in [2.75, 3.05) is 0 Å². The van der Waals surface area contributed by atoms with Gasteiger partial charge in [-0.25, -0.2) is 0 Å². The van der Waals surface area contributed by atoms with E-state index in [0.29, 0.717) is 0 Å². The van der Waals surface area contributed by atoms with Crippen molar-refractivity contribution in [1.82, 2.24) is 0 Å². The normalized spacial score (nSPS) is 0.667. The second-order valence-electron chi connectivity index (χ2n) is 0. The summed E-state index contributed by atoms with van der Waals surface area (Å²) in [6.45, 7) is 0. The van der Waals surface area contributed by atoms with E-state index in [0.717, 1.165) is 0 Å². The molecule has 0 saturated carbocycles. The summed E-state index contributed by atoms with van der Waals surface area (Å²) in [5.74, 6) is 2.05. The van der Waals surface area contributed by atoms with Crippen LogP contribution in [0.25, 0.3) is 0 Å². The van der Waals surface area contributed by atoms with Crippen LogP contribution in [0.1, 0.15) is 0 Å². The van der Waals surface area contributed by atoms with Crippen molar-refractivity contribution in [2.24, 2.45) is 0 Å². The number of rotatable bonds is 0. The predicted octanol–water partition coefficient (Wildman–Crippen LogP) is -0.929. The summed E-state index contributed by atoms with van der Waals surface area (Å²) in [5, 5.41) is 0. The van der Waals surface area contributed by atoms with E-state index in [1.54, 1.807) is 20.9 Å². The van der Waals surface area contributed by atoms with Crippen LogP contribution >= 0.6 is 0 Å². The van der Waals surface area contributed by atoms with Crippen molar-refractivity contribution >= 4 is 5.93 Å². The van der Waals surface area contributed by atoms with Gasteiger partial charge in [-0.3, -0.25) is 0 Å². The average molecular weight is 370 g/mol. The van der Waals surface area contributed by atoms with Gasteiger partial charge in [0.1, 0.15) is 0 Å². The van der Waals surface area contributed by atoms with Gasteiger partial charge in [0.05, 0.1) is 0 Å². The van der Waals surface area contributed by atoms with Gasteiger partial charge in [0.25, 0.3) is 0 Å². The molecule has 0 aromatic heterocycles. The summed E-state index contributed by atoms with van der Waals surface area (Å²) in [6, 6.07) is 0. The molecule has 0 aromatic rings. The molecule has 0 aliphatic heterocycles. The zero-order chi connectivity index (χ0) is 2.00. The Morgan fingerprint density at radius 3 is 1.17 bits per heavy atom. The van der Waals surface area contributed by atoms with Crippen LogP contribution in [0.3, 0.4) is 0 Å². The van der Waals surface area contributed by atoms with Gasteiger partial charge in [0.15, 0.2) is 0 Å². The van der Waals surface area contributed by atoms with E-state index in [9.17, 15) is 0 Å². The molecular weight excluding hydrogens is 368 g/mol. The van der Waals surface area contributed by atoms with E-state index in [4.69, 9.17) is 0 Å². The quantitative estimate of drug-likeness (QED) is 0.484. The molecule has 0 bridgehead atoms. The molecule has 6 heteroatoms. The molecule has 0 fully saturated rings. The third kappa shape index (κ3) is 27.0. The molecule has 0 aromatic carbocycles. The minimum Gasteiger partial charge on any atom is 0 e. The molecule has 6 heavy (non-hydrogen) atoms. The molecule has 0 unspecified atom stereocenters. The van der Waals surface area contributed by atoms with Crippen LogP contribution in [0.5, 0.6) is 0 Å². The summed E-state index contributed by atoms with van der Waals surface area (Å²) < 4.78 is 0. The fourth-order valence-corrected chi connectivity index (χ4v) is 0. The smallest absolute Gasteiger partial charge is 0 e. The molecule has 0 nitrogen and oxygen atoms in total. The molecule has 41 valence electrons. The summed E-state index contributed by atoms with van der Waals surface area (Å²) in [7, 11) is 0. The minimum atomic E-state index is 0. The molecule has 0 aliphatic carbocycles. The van der Waals surface area contributed by atoms with E-state index in [2.05, 4.69) is 5.93 Å². The van der Waals surface area contributed by atoms with Crippen molar-refractivity contribution in [2.45, 2.75) is 0 Å². The molecule has 0 atom stereocenters. The third-order valence-corrected chi connectivity index (χ3v) is 0. The molecule has 1 radical (unpaired) electrons. The van der Waals surface area contributed by atoms with Crippen LogP contribution in [0.15, 0.2) is 0 Å². The fraction of sp³-hybridized carbons (Fsp3) is 0. The van der Waals surface area contributed by atoms with Crippen molar-refractivity contribution in [3.05, 3.63) is 0 Å². The first kappa shape index (κ1) is 35.0. The Balaban J connectivity index is -0.000000000833. The molecule has 0 saturated heterocycles. The average Bonchev–Trinajstić information content (AvgIpc) is 1.00. The Bertz CT molecular complexity index is 15.5. The molecule has 0 aliphatic rings. The van der Waals surface area contributed by atoms with Gasteiger partial charge in [0.2, 0.25) is 0 Å². The van der Waals surface area contributed by atoms with Crippen LogP contribution in [0.2, 0.25) is 0 Å². The zero-order valence-corrected chi connectivity index (χ0v) is 10.7. The first-order valence-corrected chi connectivity index (χ1v) is 2.65. The van der Waals surface area contributed by atoms with Gasteiger partial charge in [0, 0.05) is 76.5 Å². The van der Waals surface area contributed by atoms with E-state index in [-0.39, 0.29) is 76.5 Å². The number of hydrogen-bond acceptors (Lipinski definition) is 0. The fourth-order valence-electron chi connectivity index (χ4n) is 0. The Morgan fingerprint density at radius 1 is 1.17 bits per heavy atom. The minimum absolute atomic E-state index is 0. The molecule has 0 amide bonds. The van der Waals surface area contributed by atoms with Gasteiger partial charge in [-0.2, -0.15) is 0 Å². The van der Waals surface area contributed by atoms with Gasteiger partial charge in [-0.15, -0.1) is 0 Å². The van der Waals surface area contributed by atoms with Crippen LogP contribution in [-0.2, 0) is 97.4 Å². The predicted molar refractivity (Wildman–Crippen MR) is 8.54 cm³/mol. The topological polar surface area (TPSA) is 0 Å². The van der Waals surface area contributed by atoms with E-state index in [1.165, 1.54) is 0 Å². The molecule has 0 heterocycles. The zero-order valence-electron chi connectivity index (χ0n) is 2.95. The monoisotopic (exact) mass is 369 g/mol. The molecule has 0 N–H and O–H groups in total. The second kappa shape index (κ2) is 41.4. The summed E-state index contributed by atoms with van der Waals surface area (Å²) >= 11 is 1.75. The Hall–Kier alpha value is 3.21. The molecular formula is H2BCoFeNbNiZr. The van der Waals surface area contributed by atoms with E-state index >= 15 is 0 Å². The maximum Gasteiger partial charge on any atom is 0 e. The third-order valence-electron chi connectivity index (χ3n) is 0. The van der Waals surface area contributed by atoms with Crippen molar-refractivity contribution in [3.63, 3.8) is 0 Å². The van der Waals surface area contributed by atoms with Gasteiger partial charge >= 0.3 is 26.8 Å². The Kier molecular flexibility index (Phi) is 242. The van der Waals surface area contributed by atoms with Gasteiger partial charge in [-0.05, 0) is 0 Å². The van der Waals surface area contributed by atoms with Crippen LogP contribution in [0, 0.1) is 0 Å². The Morgan fingerprint density at radius 2 is 1.17 bits per heavy atom. The Labute approximate surface area is 102 Å². The largest absolute Gasteiger partial charge is 0 e. The maximum absolute atomic E-state index is 2.05. The van der Waals surface area contributed by atoms with E-state index < -0.39 is 0 Å². The van der Waals surface area contributed by atoms with Crippen molar-refractivity contribution in [1.29, 1.82) is 0 Å². The summed E-state index contributed by atoms with van der Waals surface area (Å²) in [6.07, 6.45) is 0. The van der Waals surface area contributed by atoms with Crippen LogP contribution in [-0.4, -0.2) is 5.93 Å². The first-order valence-electron chi connectivity index (χ1n) is 0.447. The van der Waals surface area contributed by atoms with Gasteiger partial charge < -0.3 is 0 Å². The van der Waals surface area contributed by atoms with E-state index in [1.807, 2.05) is 0 Å². The summed E-state index contributed by atoms with van der Waals surface area (Å²) in [5.41, 5.74) is 0. The first-order chi connectivity index (χ1) is 1.00. The summed E-state index contributed by atoms with van der Waals surface area (Å²) in [4.78, 5) is 0. The molecule has 0 rings (SSSR count). The van der Waals surface area contributed by atoms with Crippen molar-refractivity contribution in [3.8, 4) is 0 Å². The van der Waals surface area contributed by atoms with Crippen LogP contribution in [0.4, 0.5) is 0 Å². The second-order valence-corrected chi connectivity index (χ2v) is 0. The maximum atomic E-state index is 2.05. The van der Waals surface area contributed by atoms with Crippen LogP contribution < -0.4 is 0 Å². The number of hydrogen-bond donors (Lipinski definition) is 0. The molecule has 0 spiro atoms. The van der Waals surface area contributed by atoms with Crippen molar-refractivity contribution < 1.29 is 97.4 Å². The standard InChI is InChI=1S/BH2.Co.Fe.Nb.Ni.Zr/h1H2;;;;;/q+1;;;-1;;.